The van der Waals surface area contributed by atoms with E-state index in [0.29, 0.717) is 60.6 Å². The smallest absolute Gasteiger partial charge is 0.295 e. The number of Topliss-reactive ketones (excluding diaryl/α,β-unsaturated/α-hetero) is 1. The molecule has 8 heteroatoms. The number of methoxy groups -OCH3 is 1. The topological polar surface area (TPSA) is 88.5 Å². The highest BCUT2D eigenvalue weighted by Crippen LogP contribution is 2.42. The van der Waals surface area contributed by atoms with Gasteiger partial charge in [-0.1, -0.05) is 40.7 Å². The van der Waals surface area contributed by atoms with Gasteiger partial charge < -0.3 is 29.1 Å². The van der Waals surface area contributed by atoms with Gasteiger partial charge in [0.25, 0.3) is 11.7 Å². The summed E-state index contributed by atoms with van der Waals surface area (Å²) in [5, 5.41) is 11.4. The zero-order chi connectivity index (χ0) is 29.2. The molecular weight excluding hydrogens is 508 g/mol. The van der Waals surface area contributed by atoms with Gasteiger partial charge in [0.05, 0.1) is 31.9 Å². The van der Waals surface area contributed by atoms with Crippen LogP contribution in [-0.2, 0) is 9.59 Å². The van der Waals surface area contributed by atoms with Crippen molar-refractivity contribution in [2.45, 2.75) is 53.5 Å². The van der Waals surface area contributed by atoms with Crippen LogP contribution in [0.4, 0.5) is 0 Å². The lowest BCUT2D eigenvalue weighted by Crippen LogP contribution is -2.38. The molecule has 0 aromatic heterocycles. The van der Waals surface area contributed by atoms with Crippen LogP contribution in [0.1, 0.15) is 64.6 Å². The van der Waals surface area contributed by atoms with Gasteiger partial charge in [0.1, 0.15) is 11.5 Å². The highest BCUT2D eigenvalue weighted by molar-refractivity contribution is 6.46. The lowest BCUT2D eigenvalue weighted by molar-refractivity contribution is -0.140. The zero-order valence-corrected chi connectivity index (χ0v) is 24.7. The summed E-state index contributed by atoms with van der Waals surface area (Å²) in [4.78, 5) is 30.5. The van der Waals surface area contributed by atoms with E-state index in [2.05, 4.69) is 32.6 Å². The van der Waals surface area contributed by atoms with Crippen LogP contribution in [0, 0.1) is 5.92 Å². The average Bonchev–Trinajstić information content (AvgIpc) is 3.21. The molecule has 1 unspecified atom stereocenters. The molecule has 0 spiro atoms. The normalized spacial score (nSPS) is 16.7. The Labute approximate surface area is 238 Å². The van der Waals surface area contributed by atoms with Crippen molar-refractivity contribution in [2.24, 2.45) is 5.92 Å². The fourth-order valence-electron chi connectivity index (χ4n) is 4.71. The van der Waals surface area contributed by atoms with Crippen molar-refractivity contribution in [3.05, 3.63) is 59.2 Å². The minimum Gasteiger partial charge on any atom is -0.507 e. The van der Waals surface area contributed by atoms with E-state index >= 15 is 0 Å². The summed E-state index contributed by atoms with van der Waals surface area (Å²) in [7, 11) is 1.56. The van der Waals surface area contributed by atoms with Crippen LogP contribution in [0.15, 0.2) is 48.0 Å². The SMILES string of the molecule is CCCOc1ccc(C(O)=C2C(=O)C(=O)N(CCN(CC)CC)C2c2ccc(OCCC(C)C)c(OC)c2)cc1. The molecule has 2 aromatic rings. The maximum atomic E-state index is 13.4. The van der Waals surface area contributed by atoms with Crippen molar-refractivity contribution >= 4 is 17.4 Å². The molecule has 1 aliphatic rings. The van der Waals surface area contributed by atoms with E-state index < -0.39 is 17.7 Å². The molecule has 1 fully saturated rings. The average molecular weight is 553 g/mol. The Morgan fingerprint density at radius 1 is 0.975 bits per heavy atom. The van der Waals surface area contributed by atoms with Gasteiger partial charge in [0.15, 0.2) is 11.5 Å². The second-order valence-corrected chi connectivity index (χ2v) is 10.3. The van der Waals surface area contributed by atoms with E-state index in [1.807, 2.05) is 13.0 Å². The molecule has 0 aliphatic carbocycles. The Balaban J connectivity index is 2.05. The van der Waals surface area contributed by atoms with Crippen molar-refractivity contribution in [1.29, 1.82) is 0 Å². The summed E-state index contributed by atoms with van der Waals surface area (Å²) < 4.78 is 17.3. The van der Waals surface area contributed by atoms with Gasteiger partial charge in [0.2, 0.25) is 0 Å². The number of hydrogen-bond donors (Lipinski definition) is 1. The van der Waals surface area contributed by atoms with Gasteiger partial charge in [-0.05, 0) is 73.8 Å². The molecule has 1 atom stereocenters. The quantitative estimate of drug-likeness (QED) is 0.173. The summed E-state index contributed by atoms with van der Waals surface area (Å²) in [5.74, 6) is 0.729. The zero-order valence-electron chi connectivity index (χ0n) is 24.7. The minimum atomic E-state index is -0.773. The number of ether oxygens (including phenoxy) is 3. The van der Waals surface area contributed by atoms with E-state index in [9.17, 15) is 14.7 Å². The van der Waals surface area contributed by atoms with E-state index in [-0.39, 0.29) is 11.3 Å². The Morgan fingerprint density at radius 2 is 1.68 bits per heavy atom. The fraction of sp³-hybridized carbons (Fsp3) is 0.500. The summed E-state index contributed by atoms with van der Waals surface area (Å²) in [6.07, 6.45) is 1.78. The third-order valence-corrected chi connectivity index (χ3v) is 7.15. The number of amides is 1. The van der Waals surface area contributed by atoms with E-state index in [4.69, 9.17) is 14.2 Å². The summed E-state index contributed by atoms with van der Waals surface area (Å²) >= 11 is 0. The lowest BCUT2D eigenvalue weighted by Gasteiger charge is -2.28. The number of likely N-dealkylation sites (N-methyl/N-ethyl adjacent to an activating group) is 1. The molecule has 1 N–H and O–H groups in total. The molecule has 1 saturated heterocycles. The molecule has 40 heavy (non-hydrogen) atoms. The van der Waals surface area contributed by atoms with Crippen molar-refractivity contribution in [1.82, 2.24) is 9.80 Å². The van der Waals surface area contributed by atoms with Crippen molar-refractivity contribution in [2.75, 3.05) is 46.5 Å². The Hall–Kier alpha value is -3.52. The molecular formula is C32H44N2O6. The standard InChI is InChI=1S/C32H44N2O6/c1-7-19-39-25-13-10-23(11-14-25)30(35)28-29(34(32(37)31(28)36)18-17-33(8-2)9-3)24-12-15-26(27(21-24)38-6)40-20-16-22(4)5/h10-15,21-22,29,35H,7-9,16-20H2,1-6H3. The number of hydrogen-bond acceptors (Lipinski definition) is 7. The Kier molecular flexibility index (Phi) is 11.4. The highest BCUT2D eigenvalue weighted by atomic mass is 16.5. The van der Waals surface area contributed by atoms with Gasteiger partial charge in [-0.3, -0.25) is 9.59 Å². The van der Waals surface area contributed by atoms with Gasteiger partial charge in [0, 0.05) is 18.7 Å². The summed E-state index contributed by atoms with van der Waals surface area (Å²) in [6, 6.07) is 11.6. The van der Waals surface area contributed by atoms with Gasteiger partial charge in [-0.15, -0.1) is 0 Å². The lowest BCUT2D eigenvalue weighted by atomic mass is 9.95. The van der Waals surface area contributed by atoms with Crippen LogP contribution in [0.2, 0.25) is 0 Å². The van der Waals surface area contributed by atoms with Crippen molar-refractivity contribution < 1.29 is 28.9 Å². The molecule has 2 aromatic carbocycles. The van der Waals surface area contributed by atoms with Crippen LogP contribution >= 0.6 is 0 Å². The molecule has 1 amide bonds. The first kappa shape index (κ1) is 31.0. The van der Waals surface area contributed by atoms with Crippen LogP contribution in [0.25, 0.3) is 5.76 Å². The summed E-state index contributed by atoms with van der Waals surface area (Å²) in [5.41, 5.74) is 1.16. The first-order valence-corrected chi connectivity index (χ1v) is 14.3. The predicted octanol–water partition coefficient (Wildman–Crippen LogP) is 5.67. The maximum absolute atomic E-state index is 13.4. The van der Waals surface area contributed by atoms with Crippen LogP contribution < -0.4 is 14.2 Å². The second-order valence-electron chi connectivity index (χ2n) is 10.3. The Bertz CT molecular complexity index is 1170. The third kappa shape index (κ3) is 7.36. The summed E-state index contributed by atoms with van der Waals surface area (Å²) in [6.45, 7) is 14.2. The molecule has 0 bridgehead atoms. The molecule has 218 valence electrons. The number of carbonyl (C=O) groups excluding carboxylic acids is 2. The molecule has 3 rings (SSSR count). The van der Waals surface area contributed by atoms with E-state index in [0.717, 1.165) is 25.9 Å². The Morgan fingerprint density at radius 3 is 2.27 bits per heavy atom. The van der Waals surface area contributed by atoms with Gasteiger partial charge >= 0.3 is 0 Å². The van der Waals surface area contributed by atoms with E-state index in [1.165, 1.54) is 0 Å². The van der Waals surface area contributed by atoms with Crippen molar-refractivity contribution in [3.63, 3.8) is 0 Å². The van der Waals surface area contributed by atoms with Crippen molar-refractivity contribution in [3.8, 4) is 17.2 Å². The second kappa shape index (κ2) is 14.7. The van der Waals surface area contributed by atoms with Gasteiger partial charge in [-0.2, -0.15) is 0 Å². The van der Waals surface area contributed by atoms with Gasteiger partial charge in [-0.25, -0.2) is 0 Å². The number of nitrogens with zero attached hydrogens (tertiary/aromatic N) is 2. The molecule has 1 heterocycles. The third-order valence-electron chi connectivity index (χ3n) is 7.15. The van der Waals surface area contributed by atoms with Crippen LogP contribution in [-0.4, -0.2) is 73.1 Å². The number of ketones is 1. The molecule has 0 saturated carbocycles. The number of rotatable bonds is 15. The first-order chi connectivity index (χ1) is 19.2. The molecule has 0 radical (unpaired) electrons. The first-order valence-electron chi connectivity index (χ1n) is 14.3. The molecule has 8 nitrogen and oxygen atoms in total. The number of carbonyl (C=O) groups is 2. The highest BCUT2D eigenvalue weighted by Gasteiger charge is 2.46. The molecule has 1 aliphatic heterocycles. The maximum Gasteiger partial charge on any atom is 0.295 e. The number of benzene rings is 2. The fourth-order valence-corrected chi connectivity index (χ4v) is 4.71. The predicted molar refractivity (Wildman–Crippen MR) is 157 cm³/mol. The van der Waals surface area contributed by atoms with Crippen LogP contribution in [0.3, 0.4) is 0 Å². The largest absolute Gasteiger partial charge is 0.507 e. The monoisotopic (exact) mass is 552 g/mol. The number of likely N-dealkylation sites (tertiary alicyclic amines) is 1. The number of aliphatic hydroxyl groups is 1. The van der Waals surface area contributed by atoms with Crippen LogP contribution in [0.5, 0.6) is 17.2 Å². The van der Waals surface area contributed by atoms with E-state index in [1.54, 1.807) is 48.4 Å². The minimum absolute atomic E-state index is 0.0577. The number of aliphatic hydroxyl groups excluding tert-OH is 1.